The van der Waals surface area contributed by atoms with Crippen molar-refractivity contribution in [2.45, 2.75) is 24.7 Å². The number of piperidine rings is 1. The lowest BCUT2D eigenvalue weighted by molar-refractivity contribution is 0.232. The summed E-state index contributed by atoms with van der Waals surface area (Å²) in [6, 6.07) is 2.28. The summed E-state index contributed by atoms with van der Waals surface area (Å²) in [5, 5.41) is 3.25. The van der Waals surface area contributed by atoms with Crippen LogP contribution in [0.5, 0.6) is 5.75 Å². The van der Waals surface area contributed by atoms with Crippen LogP contribution in [0.25, 0.3) is 0 Å². The summed E-state index contributed by atoms with van der Waals surface area (Å²) in [5.74, 6) is -0.537. The molecule has 1 fully saturated rings. The summed E-state index contributed by atoms with van der Waals surface area (Å²) >= 11 is 3.02. The maximum atomic E-state index is 13.7. The van der Waals surface area contributed by atoms with Gasteiger partial charge < -0.3 is 10.1 Å². The molecule has 2 rings (SSSR count). The van der Waals surface area contributed by atoms with Crippen LogP contribution in [0.15, 0.2) is 21.5 Å². The van der Waals surface area contributed by atoms with Gasteiger partial charge in [-0.3, -0.25) is 0 Å². The number of methoxy groups -OCH3 is 1. The van der Waals surface area contributed by atoms with Crippen LogP contribution in [0.3, 0.4) is 0 Å². The Balaban J connectivity index is 2.21. The first-order valence-corrected chi connectivity index (χ1v) is 9.28. The van der Waals surface area contributed by atoms with Gasteiger partial charge in [0.25, 0.3) is 0 Å². The summed E-state index contributed by atoms with van der Waals surface area (Å²) in [6.07, 6.45) is 1.78. The second-order valence-corrected chi connectivity index (χ2v) is 8.39. The molecular weight excluding hydrogens is 375 g/mol. The highest BCUT2D eigenvalue weighted by molar-refractivity contribution is 9.10. The lowest BCUT2D eigenvalue weighted by Crippen LogP contribution is -2.42. The molecule has 0 aromatic heterocycles. The lowest BCUT2D eigenvalue weighted by Gasteiger charge is -2.34. The number of hydrogen-bond acceptors (Lipinski definition) is 4. The number of ether oxygens (including phenoxy) is 1. The molecule has 5 nitrogen and oxygen atoms in total. The molecule has 0 saturated carbocycles. The number of sulfonamides is 1. The highest BCUT2D eigenvalue weighted by Crippen LogP contribution is 2.31. The van der Waals surface area contributed by atoms with Gasteiger partial charge in [0.15, 0.2) is 0 Å². The third-order valence-electron chi connectivity index (χ3n) is 4.00. The van der Waals surface area contributed by atoms with Crippen molar-refractivity contribution in [2.24, 2.45) is 5.41 Å². The molecule has 0 atom stereocenters. The van der Waals surface area contributed by atoms with E-state index in [1.165, 1.54) is 13.2 Å². The lowest BCUT2D eigenvalue weighted by atomic mass is 9.81. The molecule has 1 aliphatic rings. The molecule has 0 amide bonds. The first-order valence-electron chi connectivity index (χ1n) is 7.01. The summed E-state index contributed by atoms with van der Waals surface area (Å²) in [4.78, 5) is -0.187. The zero-order valence-corrected chi connectivity index (χ0v) is 15.0. The molecule has 1 saturated heterocycles. The summed E-state index contributed by atoms with van der Waals surface area (Å²) in [7, 11) is -2.48. The van der Waals surface area contributed by atoms with Gasteiger partial charge in [-0.1, -0.05) is 6.92 Å². The second kappa shape index (κ2) is 6.82. The van der Waals surface area contributed by atoms with Crippen LogP contribution in [-0.4, -0.2) is 35.2 Å². The fourth-order valence-corrected chi connectivity index (χ4v) is 4.12. The van der Waals surface area contributed by atoms with Gasteiger partial charge in [0.1, 0.15) is 16.5 Å². The average molecular weight is 395 g/mol. The van der Waals surface area contributed by atoms with E-state index in [2.05, 4.69) is 32.9 Å². The van der Waals surface area contributed by atoms with Gasteiger partial charge >= 0.3 is 0 Å². The normalized spacial score (nSPS) is 18.2. The number of rotatable bonds is 5. The minimum absolute atomic E-state index is 0.0978. The molecule has 0 aliphatic carbocycles. The molecule has 2 N–H and O–H groups in total. The van der Waals surface area contributed by atoms with Crippen molar-refractivity contribution in [3.8, 4) is 5.75 Å². The molecule has 1 heterocycles. The molecule has 1 aliphatic heterocycles. The average Bonchev–Trinajstić information content (AvgIpc) is 2.48. The molecule has 22 heavy (non-hydrogen) atoms. The Morgan fingerprint density at radius 2 is 2.05 bits per heavy atom. The van der Waals surface area contributed by atoms with Crippen LogP contribution in [-0.2, 0) is 10.0 Å². The summed E-state index contributed by atoms with van der Waals surface area (Å²) < 4.78 is 46.4. The minimum atomic E-state index is -3.84. The first-order chi connectivity index (χ1) is 10.3. The van der Waals surface area contributed by atoms with Crippen LogP contribution < -0.4 is 14.8 Å². The van der Waals surface area contributed by atoms with Crippen molar-refractivity contribution in [1.29, 1.82) is 0 Å². The molecule has 0 spiro atoms. The maximum absolute atomic E-state index is 13.7. The number of hydrogen-bond donors (Lipinski definition) is 2. The first kappa shape index (κ1) is 17.7. The monoisotopic (exact) mass is 394 g/mol. The van der Waals surface area contributed by atoms with E-state index in [9.17, 15) is 12.8 Å². The Morgan fingerprint density at radius 3 is 2.64 bits per heavy atom. The molecule has 8 heteroatoms. The largest absolute Gasteiger partial charge is 0.495 e. The van der Waals surface area contributed by atoms with E-state index in [0.29, 0.717) is 6.54 Å². The van der Waals surface area contributed by atoms with Gasteiger partial charge in [0.2, 0.25) is 10.0 Å². The van der Waals surface area contributed by atoms with Crippen LogP contribution in [0.1, 0.15) is 19.8 Å². The molecular formula is C14H20BrFN2O3S. The third-order valence-corrected chi connectivity index (χ3v) is 6.03. The fourth-order valence-electron chi connectivity index (χ4n) is 2.43. The Bertz CT molecular complexity index is 646. The molecule has 0 bridgehead atoms. The van der Waals surface area contributed by atoms with Crippen LogP contribution in [0.2, 0.25) is 0 Å². The van der Waals surface area contributed by atoms with E-state index in [4.69, 9.17) is 4.74 Å². The van der Waals surface area contributed by atoms with E-state index in [1.54, 1.807) is 0 Å². The van der Waals surface area contributed by atoms with E-state index in [-0.39, 0.29) is 20.5 Å². The Labute approximate surface area is 138 Å². The van der Waals surface area contributed by atoms with Crippen LogP contribution in [0.4, 0.5) is 4.39 Å². The summed E-state index contributed by atoms with van der Waals surface area (Å²) in [6.45, 7) is 4.11. The fraction of sp³-hybridized carbons (Fsp3) is 0.571. The van der Waals surface area contributed by atoms with Gasteiger partial charge in [0.05, 0.1) is 11.6 Å². The van der Waals surface area contributed by atoms with Gasteiger partial charge in [-0.25, -0.2) is 17.5 Å². The second-order valence-electron chi connectivity index (χ2n) is 5.80. The van der Waals surface area contributed by atoms with E-state index < -0.39 is 15.8 Å². The molecule has 124 valence electrons. The quantitative estimate of drug-likeness (QED) is 0.803. The number of benzene rings is 1. The van der Waals surface area contributed by atoms with E-state index >= 15 is 0 Å². The van der Waals surface area contributed by atoms with Crippen molar-refractivity contribution < 1.29 is 17.5 Å². The van der Waals surface area contributed by atoms with Gasteiger partial charge in [-0.15, -0.1) is 0 Å². The highest BCUT2D eigenvalue weighted by Gasteiger charge is 2.30. The molecule has 0 unspecified atom stereocenters. The van der Waals surface area contributed by atoms with Crippen molar-refractivity contribution in [3.05, 3.63) is 22.4 Å². The predicted octanol–water partition coefficient (Wildman–Crippen LogP) is 2.26. The van der Waals surface area contributed by atoms with Crippen molar-refractivity contribution in [1.82, 2.24) is 10.0 Å². The molecule has 1 aromatic carbocycles. The van der Waals surface area contributed by atoms with Crippen molar-refractivity contribution >= 4 is 26.0 Å². The standard InChI is InChI=1S/C14H20BrFN2O3S/c1-14(3-5-17-6-4-14)9-18-22(19,20)13-8-11(16)10(15)7-12(13)21-2/h7-8,17-18H,3-6,9H2,1-2H3. The maximum Gasteiger partial charge on any atom is 0.244 e. The molecule has 1 aromatic rings. The van der Waals surface area contributed by atoms with E-state index in [1.807, 2.05) is 0 Å². The Morgan fingerprint density at radius 1 is 1.41 bits per heavy atom. The van der Waals surface area contributed by atoms with Gasteiger partial charge in [-0.2, -0.15) is 0 Å². The van der Waals surface area contributed by atoms with Crippen LogP contribution >= 0.6 is 15.9 Å². The number of nitrogens with one attached hydrogen (secondary N) is 2. The van der Waals surface area contributed by atoms with Gasteiger partial charge in [0, 0.05) is 6.54 Å². The Hall–Kier alpha value is -0.700. The van der Waals surface area contributed by atoms with Gasteiger partial charge in [-0.05, 0) is 59.4 Å². The Kier molecular flexibility index (Phi) is 5.47. The summed E-state index contributed by atoms with van der Waals surface area (Å²) in [5.41, 5.74) is -0.0978. The zero-order chi connectivity index (χ0) is 16.4. The van der Waals surface area contributed by atoms with Crippen molar-refractivity contribution in [3.63, 3.8) is 0 Å². The smallest absolute Gasteiger partial charge is 0.244 e. The SMILES string of the molecule is COc1cc(Br)c(F)cc1S(=O)(=O)NCC1(C)CCNCC1. The molecule has 0 radical (unpaired) electrons. The topological polar surface area (TPSA) is 67.4 Å². The minimum Gasteiger partial charge on any atom is -0.495 e. The highest BCUT2D eigenvalue weighted by atomic mass is 79.9. The van der Waals surface area contributed by atoms with Crippen molar-refractivity contribution in [2.75, 3.05) is 26.7 Å². The zero-order valence-electron chi connectivity index (χ0n) is 12.6. The predicted molar refractivity (Wildman–Crippen MR) is 86.1 cm³/mol. The van der Waals surface area contributed by atoms with Crippen LogP contribution in [0, 0.1) is 11.2 Å². The number of halogens is 2. The third kappa shape index (κ3) is 3.98. The van der Waals surface area contributed by atoms with E-state index in [0.717, 1.165) is 32.0 Å².